The number of aryl methyl sites for hydroxylation is 1. The minimum absolute atomic E-state index is 0.613. The van der Waals surface area contributed by atoms with E-state index in [4.69, 9.17) is 10.6 Å². The predicted molar refractivity (Wildman–Crippen MR) is 43.3 cm³/mol. The molecule has 0 radical (unpaired) electrons. The second-order valence-corrected chi connectivity index (χ2v) is 2.18. The first-order valence-corrected chi connectivity index (χ1v) is 3.25. The summed E-state index contributed by atoms with van der Waals surface area (Å²) in [5.41, 5.74) is 3.32. The molecule has 0 unspecified atom stereocenters. The molecule has 0 atom stereocenters. The van der Waals surface area contributed by atoms with E-state index in [0.717, 1.165) is 11.4 Å². The van der Waals surface area contributed by atoms with Crippen LogP contribution in [-0.2, 0) is 0 Å². The minimum atomic E-state index is 0.613. The van der Waals surface area contributed by atoms with Gasteiger partial charge in [0.1, 0.15) is 11.6 Å². The van der Waals surface area contributed by atoms with Crippen LogP contribution in [0.15, 0.2) is 12.1 Å². The molecule has 1 rings (SSSR count). The van der Waals surface area contributed by atoms with Gasteiger partial charge in [0.15, 0.2) is 0 Å². The number of ether oxygens (including phenoxy) is 1. The minimum Gasteiger partial charge on any atom is -0.497 e. The van der Waals surface area contributed by atoms with Crippen molar-refractivity contribution in [3.63, 3.8) is 0 Å². The summed E-state index contributed by atoms with van der Waals surface area (Å²) >= 11 is 0. The topological polar surface area (TPSA) is 60.2 Å². The normalized spacial score (nSPS) is 9.36. The smallest absolute Gasteiger partial charge is 0.143 e. The lowest BCUT2D eigenvalue weighted by Gasteiger charge is -2.03. The highest BCUT2D eigenvalue weighted by molar-refractivity contribution is 5.41. The van der Waals surface area contributed by atoms with E-state index in [-0.39, 0.29) is 0 Å². The first-order chi connectivity index (χ1) is 5.26. The monoisotopic (exact) mass is 153 g/mol. The Bertz CT molecular complexity index is 227. The SMILES string of the molecule is COc1cc(C)nc(NN)c1. The Morgan fingerprint density at radius 3 is 2.82 bits per heavy atom. The number of hydrogen-bond donors (Lipinski definition) is 2. The van der Waals surface area contributed by atoms with Gasteiger partial charge in [-0.1, -0.05) is 0 Å². The van der Waals surface area contributed by atoms with E-state index in [1.807, 2.05) is 13.0 Å². The fourth-order valence-electron chi connectivity index (χ4n) is 0.829. The summed E-state index contributed by atoms with van der Waals surface area (Å²) in [6.07, 6.45) is 0. The number of methoxy groups -OCH3 is 1. The summed E-state index contributed by atoms with van der Waals surface area (Å²) in [5.74, 6) is 6.54. The van der Waals surface area contributed by atoms with Gasteiger partial charge in [0.2, 0.25) is 0 Å². The fraction of sp³-hybridized carbons (Fsp3) is 0.286. The molecule has 3 N–H and O–H groups in total. The van der Waals surface area contributed by atoms with E-state index in [1.54, 1.807) is 13.2 Å². The van der Waals surface area contributed by atoms with Gasteiger partial charge in [0.05, 0.1) is 7.11 Å². The second-order valence-electron chi connectivity index (χ2n) is 2.18. The Kier molecular flexibility index (Phi) is 2.28. The zero-order chi connectivity index (χ0) is 8.27. The summed E-state index contributed by atoms with van der Waals surface area (Å²) in [6.45, 7) is 1.88. The van der Waals surface area contributed by atoms with Crippen molar-refractivity contribution >= 4 is 5.82 Å². The number of nitrogen functional groups attached to an aromatic ring is 1. The number of nitrogens with two attached hydrogens (primary N) is 1. The standard InChI is InChI=1S/C7H11N3O/c1-5-3-6(11-2)4-7(9-5)10-8/h3-4H,8H2,1-2H3,(H,9,10). The molecule has 0 fully saturated rings. The van der Waals surface area contributed by atoms with E-state index in [1.165, 1.54) is 0 Å². The number of nitrogens with zero attached hydrogens (tertiary/aromatic N) is 1. The zero-order valence-electron chi connectivity index (χ0n) is 6.59. The van der Waals surface area contributed by atoms with Crippen molar-refractivity contribution in [2.45, 2.75) is 6.92 Å². The lowest BCUT2D eigenvalue weighted by atomic mass is 10.3. The average molecular weight is 153 g/mol. The molecule has 0 saturated heterocycles. The van der Waals surface area contributed by atoms with Crippen molar-refractivity contribution in [1.82, 2.24) is 4.98 Å². The van der Waals surface area contributed by atoms with Crippen LogP contribution in [0, 0.1) is 6.92 Å². The molecule has 1 heterocycles. The van der Waals surface area contributed by atoms with Crippen LogP contribution in [0.4, 0.5) is 5.82 Å². The summed E-state index contributed by atoms with van der Waals surface area (Å²) in [6, 6.07) is 3.56. The van der Waals surface area contributed by atoms with Crippen LogP contribution in [0.3, 0.4) is 0 Å². The summed E-state index contributed by atoms with van der Waals surface area (Å²) in [7, 11) is 1.61. The molecule has 4 nitrogen and oxygen atoms in total. The van der Waals surface area contributed by atoms with E-state index in [2.05, 4.69) is 10.4 Å². The Labute approximate surface area is 65.4 Å². The quantitative estimate of drug-likeness (QED) is 0.484. The van der Waals surface area contributed by atoms with Gasteiger partial charge in [-0.25, -0.2) is 10.8 Å². The Hall–Kier alpha value is -1.29. The van der Waals surface area contributed by atoms with E-state index in [9.17, 15) is 0 Å². The molecule has 0 saturated carbocycles. The molecular formula is C7H11N3O. The molecule has 0 aliphatic carbocycles. The largest absolute Gasteiger partial charge is 0.497 e. The summed E-state index contributed by atoms with van der Waals surface area (Å²) < 4.78 is 5.00. The molecular weight excluding hydrogens is 142 g/mol. The third-order valence-corrected chi connectivity index (χ3v) is 1.31. The lowest BCUT2D eigenvalue weighted by molar-refractivity contribution is 0.414. The van der Waals surface area contributed by atoms with Crippen LogP contribution < -0.4 is 16.0 Å². The molecule has 1 aromatic heterocycles. The molecule has 0 aromatic carbocycles. The maximum absolute atomic E-state index is 5.17. The number of pyridine rings is 1. The predicted octanol–water partition coefficient (Wildman–Crippen LogP) is 0.684. The number of rotatable bonds is 2. The van der Waals surface area contributed by atoms with Crippen LogP contribution in [0.2, 0.25) is 0 Å². The number of anilines is 1. The maximum Gasteiger partial charge on any atom is 0.143 e. The molecule has 60 valence electrons. The number of nitrogens with one attached hydrogen (secondary N) is 1. The highest BCUT2D eigenvalue weighted by Crippen LogP contribution is 2.15. The van der Waals surface area contributed by atoms with Crippen molar-refractivity contribution < 1.29 is 4.74 Å². The van der Waals surface area contributed by atoms with Gasteiger partial charge in [-0.05, 0) is 6.92 Å². The Morgan fingerprint density at radius 1 is 1.55 bits per heavy atom. The molecule has 0 aliphatic heterocycles. The van der Waals surface area contributed by atoms with E-state index < -0.39 is 0 Å². The van der Waals surface area contributed by atoms with Crippen molar-refractivity contribution in [2.75, 3.05) is 12.5 Å². The fourth-order valence-corrected chi connectivity index (χ4v) is 0.829. The van der Waals surface area contributed by atoms with Crippen LogP contribution >= 0.6 is 0 Å². The maximum atomic E-state index is 5.17. The van der Waals surface area contributed by atoms with Crippen molar-refractivity contribution in [3.8, 4) is 5.75 Å². The molecule has 0 aliphatic rings. The van der Waals surface area contributed by atoms with Gasteiger partial charge in [0.25, 0.3) is 0 Å². The van der Waals surface area contributed by atoms with Gasteiger partial charge in [-0.2, -0.15) is 0 Å². The van der Waals surface area contributed by atoms with Crippen LogP contribution in [-0.4, -0.2) is 12.1 Å². The highest BCUT2D eigenvalue weighted by atomic mass is 16.5. The molecule has 11 heavy (non-hydrogen) atoms. The van der Waals surface area contributed by atoms with Crippen molar-refractivity contribution in [1.29, 1.82) is 0 Å². The third-order valence-electron chi connectivity index (χ3n) is 1.31. The molecule has 1 aromatic rings. The number of hydrogen-bond acceptors (Lipinski definition) is 4. The van der Waals surface area contributed by atoms with Gasteiger partial charge >= 0.3 is 0 Å². The Morgan fingerprint density at radius 2 is 2.27 bits per heavy atom. The molecule has 0 spiro atoms. The summed E-state index contributed by atoms with van der Waals surface area (Å²) in [4.78, 5) is 4.08. The van der Waals surface area contributed by atoms with Crippen molar-refractivity contribution in [2.24, 2.45) is 5.84 Å². The Balaban J connectivity index is 3.02. The van der Waals surface area contributed by atoms with Crippen molar-refractivity contribution in [3.05, 3.63) is 17.8 Å². The second kappa shape index (κ2) is 3.21. The van der Waals surface area contributed by atoms with Crippen LogP contribution in [0.1, 0.15) is 5.69 Å². The average Bonchev–Trinajstić information content (AvgIpc) is 2.03. The lowest BCUT2D eigenvalue weighted by Crippen LogP contribution is -2.08. The van der Waals surface area contributed by atoms with Gasteiger partial charge in [-0.3, -0.25) is 0 Å². The number of aromatic nitrogens is 1. The van der Waals surface area contributed by atoms with Gasteiger partial charge in [0, 0.05) is 17.8 Å². The highest BCUT2D eigenvalue weighted by Gasteiger charge is 1.96. The molecule has 0 amide bonds. The van der Waals surface area contributed by atoms with Crippen LogP contribution in [0.25, 0.3) is 0 Å². The number of hydrazine groups is 1. The first kappa shape index (κ1) is 7.81. The molecule has 0 bridgehead atoms. The first-order valence-electron chi connectivity index (χ1n) is 3.25. The third kappa shape index (κ3) is 1.81. The zero-order valence-corrected chi connectivity index (χ0v) is 6.59. The van der Waals surface area contributed by atoms with Gasteiger partial charge < -0.3 is 10.2 Å². The molecule has 4 heteroatoms. The van der Waals surface area contributed by atoms with Crippen LogP contribution in [0.5, 0.6) is 5.75 Å². The van der Waals surface area contributed by atoms with Gasteiger partial charge in [-0.15, -0.1) is 0 Å². The van der Waals surface area contributed by atoms with E-state index in [0.29, 0.717) is 5.82 Å². The van der Waals surface area contributed by atoms with E-state index >= 15 is 0 Å². The summed E-state index contributed by atoms with van der Waals surface area (Å²) in [5, 5.41) is 0.